The molecule has 0 bridgehead atoms. The molecule has 2 nitrogen and oxygen atoms in total. The van der Waals surface area contributed by atoms with Gasteiger partial charge in [-0.3, -0.25) is 0 Å². The lowest BCUT2D eigenvalue weighted by Gasteiger charge is -2.14. The molecule has 24 heavy (non-hydrogen) atoms. The summed E-state index contributed by atoms with van der Waals surface area (Å²) < 4.78 is 0. The Bertz CT molecular complexity index is 1000. The van der Waals surface area contributed by atoms with Crippen LogP contribution in [0.15, 0.2) is 84.9 Å². The summed E-state index contributed by atoms with van der Waals surface area (Å²) in [6.07, 6.45) is 0. The van der Waals surface area contributed by atoms with Crippen LogP contribution >= 0.6 is 0 Å². The van der Waals surface area contributed by atoms with Crippen LogP contribution in [0.2, 0.25) is 0 Å². The fourth-order valence-electron chi connectivity index (χ4n) is 3.19. The summed E-state index contributed by atoms with van der Waals surface area (Å²) in [6.45, 7) is 0. The molecule has 2 N–H and O–H groups in total. The predicted molar refractivity (Wildman–Crippen MR) is 98.1 cm³/mol. The number of benzene rings is 4. The van der Waals surface area contributed by atoms with E-state index in [0.29, 0.717) is 5.56 Å². The van der Waals surface area contributed by atoms with Crippen LogP contribution in [0.1, 0.15) is 0 Å². The molecule has 0 atom stereocenters. The molecule has 0 radical (unpaired) electrons. The number of rotatable bonds is 2. The summed E-state index contributed by atoms with van der Waals surface area (Å²) in [5, 5.41) is 22.5. The topological polar surface area (TPSA) is 40.5 Å². The van der Waals surface area contributed by atoms with Gasteiger partial charge in [-0.1, -0.05) is 72.8 Å². The molecule has 4 aromatic rings. The van der Waals surface area contributed by atoms with Gasteiger partial charge in [-0.2, -0.15) is 0 Å². The van der Waals surface area contributed by atoms with E-state index in [9.17, 15) is 10.2 Å². The molecule has 4 aromatic carbocycles. The second-order valence-corrected chi connectivity index (χ2v) is 5.74. The molecular formula is C22H16O2. The van der Waals surface area contributed by atoms with Crippen molar-refractivity contribution >= 4 is 10.8 Å². The second-order valence-electron chi connectivity index (χ2n) is 5.74. The van der Waals surface area contributed by atoms with E-state index in [1.807, 2.05) is 48.5 Å². The summed E-state index contributed by atoms with van der Waals surface area (Å²) in [7, 11) is 0. The van der Waals surface area contributed by atoms with Crippen molar-refractivity contribution in [2.24, 2.45) is 0 Å². The zero-order chi connectivity index (χ0) is 16.5. The lowest BCUT2D eigenvalue weighted by Crippen LogP contribution is -1.87. The highest BCUT2D eigenvalue weighted by Crippen LogP contribution is 2.42. The van der Waals surface area contributed by atoms with Crippen LogP contribution in [0.25, 0.3) is 33.0 Å². The van der Waals surface area contributed by atoms with Gasteiger partial charge in [0.15, 0.2) is 0 Å². The Kier molecular flexibility index (Phi) is 3.43. The lowest BCUT2D eigenvalue weighted by atomic mass is 9.91. The van der Waals surface area contributed by atoms with Crippen molar-refractivity contribution in [3.63, 3.8) is 0 Å². The largest absolute Gasteiger partial charge is 0.507 e. The third-order valence-electron chi connectivity index (χ3n) is 4.30. The van der Waals surface area contributed by atoms with Crippen LogP contribution in [0.5, 0.6) is 11.5 Å². The molecule has 0 saturated heterocycles. The molecule has 0 saturated carbocycles. The molecular weight excluding hydrogens is 296 g/mol. The highest BCUT2D eigenvalue weighted by atomic mass is 16.3. The minimum absolute atomic E-state index is 0.0765. The Labute approximate surface area is 140 Å². The SMILES string of the molecule is Oc1cccc(O)c1-c1ccc(-c2ccccc2)c2ccccc12. The van der Waals surface area contributed by atoms with Crippen molar-refractivity contribution in [2.75, 3.05) is 0 Å². The van der Waals surface area contributed by atoms with Gasteiger partial charge < -0.3 is 10.2 Å². The molecule has 2 heteroatoms. The average Bonchev–Trinajstić information content (AvgIpc) is 2.62. The number of hydrogen-bond donors (Lipinski definition) is 2. The lowest BCUT2D eigenvalue weighted by molar-refractivity contribution is 0.454. The van der Waals surface area contributed by atoms with Crippen molar-refractivity contribution in [3.05, 3.63) is 84.9 Å². The van der Waals surface area contributed by atoms with E-state index in [1.54, 1.807) is 18.2 Å². The molecule has 0 aliphatic carbocycles. The molecule has 0 fully saturated rings. The second kappa shape index (κ2) is 5.74. The number of fused-ring (bicyclic) bond motifs is 1. The van der Waals surface area contributed by atoms with E-state index in [4.69, 9.17) is 0 Å². The molecule has 0 aliphatic heterocycles. The zero-order valence-electron chi connectivity index (χ0n) is 13.0. The first-order chi connectivity index (χ1) is 11.8. The standard InChI is InChI=1S/C22H16O2/c23-20-11-6-12-21(24)22(20)19-14-13-16(15-7-2-1-3-8-15)17-9-4-5-10-18(17)19/h1-14,23-24H. The molecule has 4 rings (SSSR count). The molecule has 0 amide bonds. The van der Waals surface area contributed by atoms with Gasteiger partial charge in [0.2, 0.25) is 0 Å². The zero-order valence-corrected chi connectivity index (χ0v) is 13.0. The maximum Gasteiger partial charge on any atom is 0.127 e. The van der Waals surface area contributed by atoms with Crippen LogP contribution in [-0.2, 0) is 0 Å². The van der Waals surface area contributed by atoms with Crippen LogP contribution in [0.4, 0.5) is 0 Å². The number of hydrogen-bond acceptors (Lipinski definition) is 2. The first-order valence-electron chi connectivity index (χ1n) is 7.84. The van der Waals surface area contributed by atoms with Gasteiger partial charge >= 0.3 is 0 Å². The molecule has 0 spiro atoms. The van der Waals surface area contributed by atoms with Crippen molar-refractivity contribution in [1.82, 2.24) is 0 Å². The summed E-state index contributed by atoms with van der Waals surface area (Å²) in [6, 6.07) is 27.1. The smallest absolute Gasteiger partial charge is 0.127 e. The average molecular weight is 312 g/mol. The van der Waals surface area contributed by atoms with Gasteiger partial charge in [0.25, 0.3) is 0 Å². The maximum absolute atomic E-state index is 10.2. The first kappa shape index (κ1) is 14.3. The van der Waals surface area contributed by atoms with Gasteiger partial charge in [-0.05, 0) is 39.6 Å². The fourth-order valence-corrected chi connectivity index (χ4v) is 3.19. The highest BCUT2D eigenvalue weighted by molar-refractivity contribution is 6.06. The molecule has 0 heterocycles. The van der Waals surface area contributed by atoms with Crippen molar-refractivity contribution in [3.8, 4) is 33.8 Å². The monoisotopic (exact) mass is 312 g/mol. The number of phenols is 2. The Morgan fingerprint density at radius 1 is 0.458 bits per heavy atom. The number of phenolic OH excluding ortho intramolecular Hbond substituents is 2. The predicted octanol–water partition coefficient (Wildman–Crippen LogP) is 5.59. The molecule has 0 aromatic heterocycles. The summed E-state index contributed by atoms with van der Waals surface area (Å²) in [5.41, 5.74) is 3.56. The van der Waals surface area contributed by atoms with Gasteiger partial charge in [-0.15, -0.1) is 0 Å². The first-order valence-corrected chi connectivity index (χ1v) is 7.84. The maximum atomic E-state index is 10.2. The van der Waals surface area contributed by atoms with Gasteiger partial charge in [0.1, 0.15) is 11.5 Å². The summed E-state index contributed by atoms with van der Waals surface area (Å²) >= 11 is 0. The van der Waals surface area contributed by atoms with E-state index in [-0.39, 0.29) is 11.5 Å². The highest BCUT2D eigenvalue weighted by Gasteiger charge is 2.14. The summed E-state index contributed by atoms with van der Waals surface area (Å²) in [4.78, 5) is 0. The van der Waals surface area contributed by atoms with Crippen molar-refractivity contribution in [1.29, 1.82) is 0 Å². The van der Waals surface area contributed by atoms with Crippen molar-refractivity contribution < 1.29 is 10.2 Å². The quantitative estimate of drug-likeness (QED) is 0.507. The minimum atomic E-state index is 0.0765. The Hall–Kier alpha value is -3.26. The third-order valence-corrected chi connectivity index (χ3v) is 4.30. The van der Waals surface area contributed by atoms with E-state index >= 15 is 0 Å². The van der Waals surface area contributed by atoms with E-state index < -0.39 is 0 Å². The van der Waals surface area contributed by atoms with Gasteiger partial charge in [0, 0.05) is 0 Å². The van der Waals surface area contributed by atoms with Crippen molar-refractivity contribution in [2.45, 2.75) is 0 Å². The Morgan fingerprint density at radius 2 is 1.00 bits per heavy atom. The molecule has 0 unspecified atom stereocenters. The normalized spacial score (nSPS) is 10.8. The third kappa shape index (κ3) is 2.29. The molecule has 116 valence electrons. The van der Waals surface area contributed by atoms with E-state index in [2.05, 4.69) is 18.2 Å². The van der Waals surface area contributed by atoms with Crippen LogP contribution in [0.3, 0.4) is 0 Å². The Balaban J connectivity index is 2.04. The van der Waals surface area contributed by atoms with Crippen LogP contribution in [-0.4, -0.2) is 10.2 Å². The Morgan fingerprint density at radius 3 is 1.67 bits per heavy atom. The van der Waals surface area contributed by atoms with Gasteiger partial charge in [-0.25, -0.2) is 0 Å². The fraction of sp³-hybridized carbons (Fsp3) is 0. The van der Waals surface area contributed by atoms with E-state index in [1.165, 1.54) is 0 Å². The minimum Gasteiger partial charge on any atom is -0.507 e. The van der Waals surface area contributed by atoms with Gasteiger partial charge in [0.05, 0.1) is 5.56 Å². The molecule has 0 aliphatic rings. The van der Waals surface area contributed by atoms with Crippen LogP contribution < -0.4 is 0 Å². The number of aromatic hydroxyl groups is 2. The van der Waals surface area contributed by atoms with Crippen LogP contribution in [0, 0.1) is 0 Å². The van der Waals surface area contributed by atoms with E-state index in [0.717, 1.165) is 27.5 Å². The summed E-state index contributed by atoms with van der Waals surface area (Å²) in [5.74, 6) is 0.153.